The number of likely N-dealkylation sites (tertiary alicyclic amines) is 1. The van der Waals surface area contributed by atoms with Crippen LogP contribution in [0.2, 0.25) is 0 Å². The van der Waals surface area contributed by atoms with Crippen LogP contribution in [0.3, 0.4) is 0 Å². The summed E-state index contributed by atoms with van der Waals surface area (Å²) >= 11 is 1.79. The lowest BCUT2D eigenvalue weighted by Gasteiger charge is -2.32. The summed E-state index contributed by atoms with van der Waals surface area (Å²) in [6.45, 7) is 12.9. The lowest BCUT2D eigenvalue weighted by Crippen LogP contribution is -2.46. The van der Waals surface area contributed by atoms with Gasteiger partial charge in [-0.2, -0.15) is 5.10 Å². The molecule has 3 rings (SSSR count). The van der Waals surface area contributed by atoms with Crippen molar-refractivity contribution in [3.8, 4) is 0 Å². The van der Waals surface area contributed by atoms with Gasteiger partial charge in [-0.1, -0.05) is 6.92 Å². The summed E-state index contributed by atoms with van der Waals surface area (Å²) in [4.78, 5) is 11.7. The third-order valence-corrected chi connectivity index (χ3v) is 7.37. The van der Waals surface area contributed by atoms with Gasteiger partial charge in [0.15, 0.2) is 5.96 Å². The van der Waals surface area contributed by atoms with E-state index in [1.807, 2.05) is 18.8 Å². The number of hydrogen-bond acceptors (Lipinski definition) is 5. The molecule has 1 atom stereocenters. The van der Waals surface area contributed by atoms with Gasteiger partial charge in [0.05, 0.1) is 16.4 Å². The number of hydrogen-bond donors (Lipinski definition) is 2. The third kappa shape index (κ3) is 7.41. The summed E-state index contributed by atoms with van der Waals surface area (Å²) in [6, 6.07) is 0.292. The van der Waals surface area contributed by atoms with Crippen molar-refractivity contribution in [2.75, 3.05) is 26.7 Å². The van der Waals surface area contributed by atoms with Gasteiger partial charge >= 0.3 is 0 Å². The van der Waals surface area contributed by atoms with Gasteiger partial charge in [0.2, 0.25) is 0 Å². The number of thiazole rings is 1. The van der Waals surface area contributed by atoms with Crippen LogP contribution >= 0.6 is 35.3 Å². The summed E-state index contributed by atoms with van der Waals surface area (Å²) in [5.74, 6) is 1.58. The van der Waals surface area contributed by atoms with E-state index in [0.29, 0.717) is 12.0 Å². The van der Waals surface area contributed by atoms with Crippen molar-refractivity contribution in [2.24, 2.45) is 18.0 Å². The van der Waals surface area contributed by atoms with Gasteiger partial charge in [0.1, 0.15) is 0 Å². The van der Waals surface area contributed by atoms with Crippen LogP contribution in [0.1, 0.15) is 54.3 Å². The van der Waals surface area contributed by atoms with Crippen molar-refractivity contribution < 1.29 is 0 Å². The Bertz CT molecular complexity index is 868. The molecule has 1 saturated heterocycles. The van der Waals surface area contributed by atoms with Crippen molar-refractivity contribution in [2.45, 2.75) is 66.0 Å². The van der Waals surface area contributed by atoms with E-state index >= 15 is 0 Å². The van der Waals surface area contributed by atoms with Gasteiger partial charge in [-0.05, 0) is 71.0 Å². The summed E-state index contributed by atoms with van der Waals surface area (Å²) in [6.07, 6.45) is 4.42. The largest absolute Gasteiger partial charge is 0.356 e. The molecule has 0 radical (unpaired) electrons. The maximum atomic E-state index is 4.72. The molecular weight excluding hydrogens is 533 g/mol. The first kappa shape index (κ1) is 27.0. The average Bonchev–Trinajstić information content (AvgIpc) is 3.31. The molecule has 1 unspecified atom stereocenters. The predicted molar refractivity (Wildman–Crippen MR) is 145 cm³/mol. The van der Waals surface area contributed by atoms with Crippen molar-refractivity contribution in [3.63, 3.8) is 0 Å². The van der Waals surface area contributed by atoms with E-state index in [0.717, 1.165) is 50.7 Å². The zero-order valence-corrected chi connectivity index (χ0v) is 23.6. The topological polar surface area (TPSA) is 70.4 Å². The van der Waals surface area contributed by atoms with Gasteiger partial charge in [0, 0.05) is 44.3 Å². The second-order valence-electron chi connectivity index (χ2n) is 8.78. The highest BCUT2D eigenvalue weighted by molar-refractivity contribution is 14.0. The Morgan fingerprint density at radius 3 is 2.59 bits per heavy atom. The average molecular weight is 574 g/mol. The van der Waals surface area contributed by atoms with Crippen molar-refractivity contribution >= 4 is 41.3 Å². The molecule has 1 aliphatic rings. The number of aryl methyl sites for hydroxylation is 3. The molecule has 0 aromatic carbocycles. The van der Waals surface area contributed by atoms with E-state index in [2.05, 4.69) is 58.7 Å². The Labute approximate surface area is 214 Å². The molecule has 3 heterocycles. The Balaban J connectivity index is 0.00000363. The quantitative estimate of drug-likeness (QED) is 0.287. The predicted octanol–water partition coefficient (Wildman–Crippen LogP) is 3.68. The molecule has 1 aliphatic heterocycles. The van der Waals surface area contributed by atoms with Gasteiger partial charge in [-0.15, -0.1) is 35.3 Å². The number of rotatable bonds is 8. The molecule has 2 aromatic rings. The normalized spacial score (nSPS) is 16.6. The van der Waals surface area contributed by atoms with Gasteiger partial charge in [-0.3, -0.25) is 14.6 Å². The fourth-order valence-corrected chi connectivity index (χ4v) is 5.04. The molecule has 180 valence electrons. The minimum absolute atomic E-state index is 0. The Morgan fingerprint density at radius 2 is 2.03 bits per heavy atom. The minimum atomic E-state index is 0. The summed E-state index contributed by atoms with van der Waals surface area (Å²) < 4.78 is 1.97. The highest BCUT2D eigenvalue weighted by Gasteiger charge is 2.21. The standard InChI is InChI=1S/C23H39N7S.HI/c1-7-22-27-20(15-31-22)14-30-10-8-19(9-11-30)13-25-23(24-5)26-16(2)12-21-17(3)28-29(6)18(21)4;/h15-16,19H,7-14H2,1-6H3,(H2,24,25,26);1H. The number of nitrogens with zero attached hydrogens (tertiary/aromatic N) is 5. The Hall–Kier alpha value is -1.20. The zero-order valence-electron chi connectivity index (χ0n) is 20.4. The highest BCUT2D eigenvalue weighted by atomic mass is 127. The van der Waals surface area contributed by atoms with Gasteiger partial charge in [-0.25, -0.2) is 4.98 Å². The van der Waals surface area contributed by atoms with Crippen LogP contribution in [0.5, 0.6) is 0 Å². The maximum Gasteiger partial charge on any atom is 0.191 e. The molecule has 0 amide bonds. The number of halogens is 1. The molecule has 9 heteroatoms. The van der Waals surface area contributed by atoms with Crippen molar-refractivity contribution in [1.29, 1.82) is 0 Å². The lowest BCUT2D eigenvalue weighted by molar-refractivity contribution is 0.176. The van der Waals surface area contributed by atoms with E-state index in [9.17, 15) is 0 Å². The third-order valence-electron chi connectivity index (χ3n) is 6.33. The minimum Gasteiger partial charge on any atom is -0.356 e. The van der Waals surface area contributed by atoms with E-state index in [4.69, 9.17) is 4.98 Å². The van der Waals surface area contributed by atoms with Crippen LogP contribution in [0, 0.1) is 19.8 Å². The number of nitrogens with one attached hydrogen (secondary N) is 2. The van der Waals surface area contributed by atoms with Gasteiger partial charge < -0.3 is 10.6 Å². The summed E-state index contributed by atoms with van der Waals surface area (Å²) in [7, 11) is 3.86. The zero-order chi connectivity index (χ0) is 22.4. The van der Waals surface area contributed by atoms with E-state index < -0.39 is 0 Å². The van der Waals surface area contributed by atoms with Crippen molar-refractivity contribution in [1.82, 2.24) is 30.3 Å². The lowest BCUT2D eigenvalue weighted by atomic mass is 9.97. The van der Waals surface area contributed by atoms with Crippen LogP contribution in [-0.4, -0.2) is 58.3 Å². The first-order chi connectivity index (χ1) is 14.9. The van der Waals surface area contributed by atoms with E-state index in [1.165, 1.54) is 34.8 Å². The molecule has 7 nitrogen and oxygen atoms in total. The van der Waals surface area contributed by atoms with E-state index in [1.54, 1.807) is 11.3 Å². The highest BCUT2D eigenvalue weighted by Crippen LogP contribution is 2.20. The molecule has 0 spiro atoms. The summed E-state index contributed by atoms with van der Waals surface area (Å²) in [5, 5.41) is 15.1. The monoisotopic (exact) mass is 573 g/mol. The first-order valence-electron chi connectivity index (χ1n) is 11.5. The van der Waals surface area contributed by atoms with Crippen LogP contribution in [-0.2, 0) is 26.4 Å². The smallest absolute Gasteiger partial charge is 0.191 e. The molecule has 0 bridgehead atoms. The number of aliphatic imine (C=N–C) groups is 1. The molecule has 2 aromatic heterocycles. The Kier molecular flexibility index (Phi) is 10.9. The molecular formula is C23H40IN7S. The molecule has 2 N–H and O–H groups in total. The van der Waals surface area contributed by atoms with Crippen LogP contribution in [0.25, 0.3) is 0 Å². The number of piperidine rings is 1. The van der Waals surface area contributed by atoms with Crippen LogP contribution in [0.4, 0.5) is 0 Å². The molecule has 0 aliphatic carbocycles. The molecule has 1 fully saturated rings. The maximum absolute atomic E-state index is 4.72. The molecule has 0 saturated carbocycles. The Morgan fingerprint density at radius 1 is 1.31 bits per heavy atom. The van der Waals surface area contributed by atoms with Crippen molar-refractivity contribution in [3.05, 3.63) is 33.0 Å². The van der Waals surface area contributed by atoms with E-state index in [-0.39, 0.29) is 24.0 Å². The summed E-state index contributed by atoms with van der Waals surface area (Å²) in [5.41, 5.74) is 4.92. The second kappa shape index (κ2) is 12.9. The number of aromatic nitrogens is 3. The fourth-order valence-electron chi connectivity index (χ4n) is 4.30. The first-order valence-corrected chi connectivity index (χ1v) is 12.4. The van der Waals surface area contributed by atoms with Crippen LogP contribution in [0.15, 0.2) is 10.4 Å². The van der Waals surface area contributed by atoms with Crippen LogP contribution < -0.4 is 10.6 Å². The molecule has 32 heavy (non-hydrogen) atoms. The van der Waals surface area contributed by atoms with Gasteiger partial charge in [0.25, 0.3) is 0 Å². The SMILES string of the molecule is CCc1nc(CN2CCC(CNC(=NC)NC(C)Cc3c(C)nn(C)c3C)CC2)cs1.I. The second-order valence-corrected chi connectivity index (χ2v) is 9.72. The fraction of sp³-hybridized carbons (Fsp3) is 0.696. The number of guanidine groups is 1.